The maximum atomic E-state index is 13.1. The van der Waals surface area contributed by atoms with Crippen LogP contribution in [0.15, 0.2) is 53.4 Å². The van der Waals surface area contributed by atoms with Crippen molar-refractivity contribution in [2.75, 3.05) is 6.54 Å². The number of hydrogen-bond acceptors (Lipinski definition) is 3. The molecule has 2 atom stereocenters. The molecule has 0 saturated carbocycles. The normalized spacial score (nSPS) is 19.2. The largest absolute Gasteiger partial charge is 0.346 e. The fourth-order valence-corrected chi connectivity index (χ4v) is 5.22. The van der Waals surface area contributed by atoms with E-state index in [2.05, 4.69) is 5.32 Å². The number of sulfonamides is 1. The molecule has 28 heavy (non-hydrogen) atoms. The van der Waals surface area contributed by atoms with Crippen molar-refractivity contribution in [3.63, 3.8) is 0 Å². The molecule has 7 heteroatoms. The topological polar surface area (TPSA) is 66.5 Å². The predicted molar refractivity (Wildman–Crippen MR) is 106 cm³/mol. The Morgan fingerprint density at radius 2 is 1.89 bits per heavy atom. The van der Waals surface area contributed by atoms with Gasteiger partial charge < -0.3 is 5.32 Å². The Morgan fingerprint density at radius 3 is 2.57 bits per heavy atom. The van der Waals surface area contributed by atoms with E-state index < -0.39 is 10.0 Å². The van der Waals surface area contributed by atoms with E-state index in [1.165, 1.54) is 28.6 Å². The van der Waals surface area contributed by atoms with Crippen LogP contribution in [0.2, 0.25) is 0 Å². The lowest BCUT2D eigenvalue weighted by Gasteiger charge is -2.32. The molecule has 1 N–H and O–H groups in total. The number of hydrogen-bond donors (Lipinski definition) is 1. The van der Waals surface area contributed by atoms with Gasteiger partial charge in [0.05, 0.1) is 10.9 Å². The van der Waals surface area contributed by atoms with Crippen molar-refractivity contribution in [2.24, 2.45) is 0 Å². The first-order valence-electron chi connectivity index (χ1n) is 9.47. The Bertz CT molecular complexity index is 944. The SMILES string of the molecule is C[C@H](NC(=O)c1cccc(S(=O)(=O)N2CCCC[C@@H]2C)c1)c1ccc(F)cc1. The second-order valence-corrected chi connectivity index (χ2v) is 9.13. The Morgan fingerprint density at radius 1 is 1.18 bits per heavy atom. The Balaban J connectivity index is 1.78. The van der Waals surface area contributed by atoms with Crippen molar-refractivity contribution in [3.05, 3.63) is 65.5 Å². The van der Waals surface area contributed by atoms with Crippen LogP contribution in [-0.4, -0.2) is 31.2 Å². The van der Waals surface area contributed by atoms with E-state index in [0.717, 1.165) is 24.8 Å². The first kappa shape index (κ1) is 20.5. The van der Waals surface area contributed by atoms with E-state index >= 15 is 0 Å². The highest BCUT2D eigenvalue weighted by Crippen LogP contribution is 2.25. The van der Waals surface area contributed by atoms with Crippen LogP contribution in [0.4, 0.5) is 4.39 Å². The van der Waals surface area contributed by atoms with Gasteiger partial charge >= 0.3 is 0 Å². The summed E-state index contributed by atoms with van der Waals surface area (Å²) in [6, 6.07) is 11.6. The molecule has 1 aliphatic rings. The molecule has 2 aromatic carbocycles. The highest BCUT2D eigenvalue weighted by Gasteiger charge is 2.31. The number of nitrogens with zero attached hydrogens (tertiary/aromatic N) is 1. The molecule has 0 aliphatic carbocycles. The summed E-state index contributed by atoms with van der Waals surface area (Å²) in [5.74, 6) is -0.715. The van der Waals surface area contributed by atoms with Crippen LogP contribution in [0, 0.1) is 5.82 Å². The molecular formula is C21H25FN2O3S. The minimum absolute atomic E-state index is 0.0465. The second kappa shape index (κ2) is 8.41. The lowest BCUT2D eigenvalue weighted by Crippen LogP contribution is -2.42. The quantitative estimate of drug-likeness (QED) is 0.822. The van der Waals surface area contributed by atoms with E-state index in [4.69, 9.17) is 0 Å². The van der Waals surface area contributed by atoms with Crippen molar-refractivity contribution < 1.29 is 17.6 Å². The van der Waals surface area contributed by atoms with Crippen LogP contribution < -0.4 is 5.32 Å². The van der Waals surface area contributed by atoms with Crippen LogP contribution in [0.3, 0.4) is 0 Å². The summed E-state index contributed by atoms with van der Waals surface area (Å²) in [6.45, 7) is 4.21. The molecule has 3 rings (SSSR count). The van der Waals surface area contributed by atoms with Gasteiger partial charge in [0.2, 0.25) is 10.0 Å². The third-order valence-corrected chi connectivity index (χ3v) is 7.17. The molecule has 2 aromatic rings. The van der Waals surface area contributed by atoms with Gasteiger partial charge in [-0.25, -0.2) is 12.8 Å². The molecule has 0 radical (unpaired) electrons. The van der Waals surface area contributed by atoms with E-state index in [9.17, 15) is 17.6 Å². The average molecular weight is 405 g/mol. The monoisotopic (exact) mass is 404 g/mol. The first-order valence-corrected chi connectivity index (χ1v) is 10.9. The van der Waals surface area contributed by atoms with E-state index in [0.29, 0.717) is 6.54 Å². The van der Waals surface area contributed by atoms with Gasteiger partial charge in [0.25, 0.3) is 5.91 Å². The lowest BCUT2D eigenvalue weighted by atomic mass is 10.1. The molecule has 150 valence electrons. The Kier molecular flexibility index (Phi) is 6.15. The van der Waals surface area contributed by atoms with Gasteiger partial charge in [0.15, 0.2) is 0 Å². The summed E-state index contributed by atoms with van der Waals surface area (Å²) in [5, 5.41) is 2.83. The van der Waals surface area contributed by atoms with Crippen molar-refractivity contribution in [3.8, 4) is 0 Å². The summed E-state index contributed by atoms with van der Waals surface area (Å²) in [4.78, 5) is 12.7. The fourth-order valence-electron chi connectivity index (χ4n) is 3.48. The maximum Gasteiger partial charge on any atom is 0.251 e. The van der Waals surface area contributed by atoms with Gasteiger partial charge in [-0.3, -0.25) is 4.79 Å². The number of nitrogens with one attached hydrogen (secondary N) is 1. The highest BCUT2D eigenvalue weighted by atomic mass is 32.2. The minimum atomic E-state index is -3.64. The highest BCUT2D eigenvalue weighted by molar-refractivity contribution is 7.89. The number of carbonyl (C=O) groups excluding carboxylic acids is 1. The van der Waals surface area contributed by atoms with Crippen molar-refractivity contribution in [2.45, 2.75) is 50.1 Å². The van der Waals surface area contributed by atoms with Gasteiger partial charge in [0, 0.05) is 18.2 Å². The molecule has 1 aliphatic heterocycles. The zero-order valence-corrected chi connectivity index (χ0v) is 16.9. The number of benzene rings is 2. The average Bonchev–Trinajstić information content (AvgIpc) is 2.68. The zero-order chi connectivity index (χ0) is 20.3. The van der Waals surface area contributed by atoms with Crippen LogP contribution in [0.5, 0.6) is 0 Å². The first-order chi connectivity index (χ1) is 13.3. The predicted octanol–water partition coefficient (Wildman–Crippen LogP) is 3.88. The van der Waals surface area contributed by atoms with Crippen LogP contribution >= 0.6 is 0 Å². The molecule has 0 aromatic heterocycles. The van der Waals surface area contributed by atoms with Crippen LogP contribution in [0.25, 0.3) is 0 Å². The number of rotatable bonds is 5. The maximum absolute atomic E-state index is 13.1. The number of halogens is 1. The van der Waals surface area contributed by atoms with E-state index in [-0.39, 0.29) is 34.3 Å². The molecule has 1 heterocycles. The molecule has 0 bridgehead atoms. The van der Waals surface area contributed by atoms with Gasteiger partial charge in [-0.15, -0.1) is 0 Å². The fraction of sp³-hybridized carbons (Fsp3) is 0.381. The molecule has 1 amide bonds. The number of amides is 1. The van der Waals surface area contributed by atoms with E-state index in [1.807, 2.05) is 6.92 Å². The van der Waals surface area contributed by atoms with Crippen LogP contribution in [-0.2, 0) is 10.0 Å². The number of piperidine rings is 1. The molecule has 1 fully saturated rings. The summed E-state index contributed by atoms with van der Waals surface area (Å²) >= 11 is 0. The van der Waals surface area contributed by atoms with Gasteiger partial charge in [-0.05, 0) is 62.6 Å². The van der Waals surface area contributed by atoms with Crippen molar-refractivity contribution in [1.82, 2.24) is 9.62 Å². The summed E-state index contributed by atoms with van der Waals surface area (Å²) in [6.07, 6.45) is 2.71. The number of carbonyl (C=O) groups is 1. The Labute approximate surface area is 165 Å². The molecule has 1 saturated heterocycles. The second-order valence-electron chi connectivity index (χ2n) is 7.24. The van der Waals surface area contributed by atoms with Crippen LogP contribution in [0.1, 0.15) is 55.1 Å². The summed E-state index contributed by atoms with van der Waals surface area (Å²) < 4.78 is 40.6. The molecule has 0 unspecified atom stereocenters. The summed E-state index contributed by atoms with van der Waals surface area (Å²) in [5.41, 5.74) is 1.04. The van der Waals surface area contributed by atoms with Gasteiger partial charge in [0.1, 0.15) is 5.82 Å². The molecule has 5 nitrogen and oxygen atoms in total. The molecular weight excluding hydrogens is 379 g/mol. The molecule has 0 spiro atoms. The Hall–Kier alpha value is -2.25. The van der Waals surface area contributed by atoms with Crippen molar-refractivity contribution >= 4 is 15.9 Å². The third-order valence-electron chi connectivity index (χ3n) is 5.16. The standard InChI is InChI=1S/C21H25FN2O3S/c1-15-6-3-4-13-24(15)28(26,27)20-8-5-7-18(14-20)21(25)23-16(2)17-9-11-19(22)12-10-17/h5,7-12,14-16H,3-4,6,13H2,1-2H3,(H,23,25)/t15-,16-/m0/s1. The zero-order valence-electron chi connectivity index (χ0n) is 16.1. The van der Waals surface area contributed by atoms with Gasteiger partial charge in [-0.1, -0.05) is 24.6 Å². The smallest absolute Gasteiger partial charge is 0.251 e. The van der Waals surface area contributed by atoms with Crippen molar-refractivity contribution in [1.29, 1.82) is 0 Å². The minimum Gasteiger partial charge on any atom is -0.346 e. The van der Waals surface area contributed by atoms with E-state index in [1.54, 1.807) is 31.2 Å². The third kappa shape index (κ3) is 4.42. The van der Waals surface area contributed by atoms with Gasteiger partial charge in [-0.2, -0.15) is 4.31 Å². The lowest BCUT2D eigenvalue weighted by molar-refractivity contribution is 0.0939. The summed E-state index contributed by atoms with van der Waals surface area (Å²) in [7, 11) is -3.64.